The Balaban J connectivity index is 2.11. The molecule has 0 aromatic carbocycles. The van der Waals surface area contributed by atoms with Crippen LogP contribution in [0.5, 0.6) is 0 Å². The number of piperazine rings is 1. The number of nitrogens with zero attached hydrogens (tertiary/aromatic N) is 4. The Morgan fingerprint density at radius 2 is 2.24 bits per heavy atom. The second-order valence-electron chi connectivity index (χ2n) is 5.63. The number of nitrogens with one attached hydrogen (secondary N) is 1. The van der Waals surface area contributed by atoms with Crippen LogP contribution in [0, 0.1) is 0 Å². The Morgan fingerprint density at radius 3 is 2.88 bits per heavy atom. The Labute approximate surface area is 103 Å². The van der Waals surface area contributed by atoms with E-state index in [1.165, 1.54) is 0 Å². The summed E-state index contributed by atoms with van der Waals surface area (Å²) >= 11 is 0. The molecule has 0 spiro atoms. The molecular formula is C12H23N5. The van der Waals surface area contributed by atoms with Crippen LogP contribution in [0.3, 0.4) is 0 Å². The van der Waals surface area contributed by atoms with Crippen LogP contribution in [-0.2, 0) is 6.54 Å². The lowest BCUT2D eigenvalue weighted by Crippen LogP contribution is -2.57. The van der Waals surface area contributed by atoms with Crippen molar-refractivity contribution in [3.05, 3.63) is 12.2 Å². The molecule has 1 aliphatic rings. The fourth-order valence-corrected chi connectivity index (χ4v) is 2.31. The highest BCUT2D eigenvalue weighted by Crippen LogP contribution is 2.19. The van der Waals surface area contributed by atoms with Crippen LogP contribution in [-0.4, -0.2) is 44.8 Å². The van der Waals surface area contributed by atoms with Gasteiger partial charge < -0.3 is 5.32 Å². The number of hydrogen-bond acceptors (Lipinski definition) is 4. The van der Waals surface area contributed by atoms with Crippen LogP contribution in [0.25, 0.3) is 0 Å². The van der Waals surface area contributed by atoms with Gasteiger partial charge >= 0.3 is 0 Å². The summed E-state index contributed by atoms with van der Waals surface area (Å²) in [5.74, 6) is 1.06. The standard InChI is InChI=1S/C12H23N5/c1-10(2)17-11(14-9-15-17)7-16-6-5-13-8-12(16,3)4/h9-10,13H,5-8H2,1-4H3. The number of aromatic nitrogens is 3. The first kappa shape index (κ1) is 12.5. The van der Waals surface area contributed by atoms with E-state index in [9.17, 15) is 0 Å². The first-order chi connectivity index (χ1) is 8.00. The zero-order chi connectivity index (χ0) is 12.5. The molecule has 0 radical (unpaired) electrons. The largest absolute Gasteiger partial charge is 0.314 e. The van der Waals surface area contributed by atoms with E-state index in [4.69, 9.17) is 0 Å². The topological polar surface area (TPSA) is 46.0 Å². The maximum Gasteiger partial charge on any atom is 0.141 e. The Morgan fingerprint density at radius 1 is 1.47 bits per heavy atom. The molecule has 1 saturated heterocycles. The lowest BCUT2D eigenvalue weighted by atomic mass is 10.0. The van der Waals surface area contributed by atoms with E-state index in [1.54, 1.807) is 6.33 Å². The van der Waals surface area contributed by atoms with E-state index >= 15 is 0 Å². The van der Waals surface area contributed by atoms with E-state index < -0.39 is 0 Å². The molecule has 1 aromatic rings. The van der Waals surface area contributed by atoms with Gasteiger partial charge in [0.1, 0.15) is 12.2 Å². The summed E-state index contributed by atoms with van der Waals surface area (Å²) in [6.45, 7) is 12.9. The summed E-state index contributed by atoms with van der Waals surface area (Å²) in [5, 5.41) is 7.73. The molecule has 96 valence electrons. The molecule has 1 fully saturated rings. The van der Waals surface area contributed by atoms with Crippen molar-refractivity contribution in [2.24, 2.45) is 0 Å². The summed E-state index contributed by atoms with van der Waals surface area (Å²) in [5.41, 5.74) is 0.187. The lowest BCUT2D eigenvalue weighted by molar-refractivity contribution is 0.0779. The quantitative estimate of drug-likeness (QED) is 0.853. The molecule has 2 heterocycles. The fraction of sp³-hybridized carbons (Fsp3) is 0.833. The Hall–Kier alpha value is -0.940. The molecule has 0 bridgehead atoms. The van der Waals surface area contributed by atoms with Crippen molar-refractivity contribution >= 4 is 0 Å². The molecule has 1 aliphatic heterocycles. The monoisotopic (exact) mass is 237 g/mol. The van der Waals surface area contributed by atoms with Gasteiger partial charge in [0, 0.05) is 31.2 Å². The van der Waals surface area contributed by atoms with E-state index in [0.29, 0.717) is 6.04 Å². The van der Waals surface area contributed by atoms with Gasteiger partial charge in [-0.05, 0) is 27.7 Å². The highest BCUT2D eigenvalue weighted by Gasteiger charge is 2.30. The minimum Gasteiger partial charge on any atom is -0.314 e. The molecule has 5 heteroatoms. The van der Waals surface area contributed by atoms with Crippen molar-refractivity contribution in [1.29, 1.82) is 0 Å². The zero-order valence-electron chi connectivity index (χ0n) is 11.3. The van der Waals surface area contributed by atoms with Gasteiger partial charge in [-0.1, -0.05) is 0 Å². The summed E-state index contributed by atoms with van der Waals surface area (Å²) in [7, 11) is 0. The minimum absolute atomic E-state index is 0.187. The van der Waals surface area contributed by atoms with Crippen molar-refractivity contribution in [1.82, 2.24) is 25.0 Å². The van der Waals surface area contributed by atoms with Crippen LogP contribution in [0.4, 0.5) is 0 Å². The fourth-order valence-electron chi connectivity index (χ4n) is 2.31. The molecule has 0 amide bonds. The highest BCUT2D eigenvalue weighted by atomic mass is 15.4. The van der Waals surface area contributed by atoms with Crippen LogP contribution in [0.1, 0.15) is 39.6 Å². The summed E-state index contributed by atoms with van der Waals surface area (Å²) in [4.78, 5) is 6.87. The average Bonchev–Trinajstić information content (AvgIpc) is 2.69. The van der Waals surface area contributed by atoms with Crippen molar-refractivity contribution in [2.45, 2.75) is 45.8 Å². The number of rotatable bonds is 3. The first-order valence-corrected chi connectivity index (χ1v) is 6.35. The van der Waals surface area contributed by atoms with Crippen molar-refractivity contribution in [3.63, 3.8) is 0 Å². The molecular weight excluding hydrogens is 214 g/mol. The summed E-state index contributed by atoms with van der Waals surface area (Å²) < 4.78 is 2.01. The predicted molar refractivity (Wildman–Crippen MR) is 67.8 cm³/mol. The van der Waals surface area contributed by atoms with Gasteiger partial charge in [-0.2, -0.15) is 5.10 Å². The Bertz CT molecular complexity index is 369. The second-order valence-corrected chi connectivity index (χ2v) is 5.63. The maximum absolute atomic E-state index is 4.39. The van der Waals surface area contributed by atoms with Crippen LogP contribution in [0.2, 0.25) is 0 Å². The maximum atomic E-state index is 4.39. The zero-order valence-corrected chi connectivity index (χ0v) is 11.3. The third kappa shape index (κ3) is 2.66. The van der Waals surface area contributed by atoms with Gasteiger partial charge in [0.25, 0.3) is 0 Å². The SMILES string of the molecule is CC(C)n1ncnc1CN1CCNCC1(C)C. The molecule has 0 aliphatic carbocycles. The third-order valence-electron chi connectivity index (χ3n) is 3.44. The minimum atomic E-state index is 0.187. The lowest BCUT2D eigenvalue weighted by Gasteiger charge is -2.42. The van der Waals surface area contributed by atoms with E-state index in [1.807, 2.05) is 4.68 Å². The normalized spacial score (nSPS) is 21.0. The van der Waals surface area contributed by atoms with Crippen molar-refractivity contribution in [3.8, 4) is 0 Å². The molecule has 17 heavy (non-hydrogen) atoms. The highest BCUT2D eigenvalue weighted by molar-refractivity contribution is 4.94. The number of hydrogen-bond donors (Lipinski definition) is 1. The molecule has 2 rings (SSSR count). The van der Waals surface area contributed by atoms with Gasteiger partial charge in [-0.25, -0.2) is 9.67 Å². The second kappa shape index (κ2) is 4.74. The Kier molecular flexibility index (Phi) is 3.49. The predicted octanol–water partition coefficient (Wildman–Crippen LogP) is 1.04. The molecule has 0 saturated carbocycles. The summed E-state index contributed by atoms with van der Waals surface area (Å²) in [6, 6.07) is 0.374. The average molecular weight is 237 g/mol. The van der Waals surface area contributed by atoms with Gasteiger partial charge in [0.05, 0.1) is 6.54 Å². The molecule has 0 unspecified atom stereocenters. The van der Waals surface area contributed by atoms with E-state index in [2.05, 4.69) is 48.0 Å². The van der Waals surface area contributed by atoms with Crippen LogP contribution >= 0.6 is 0 Å². The molecule has 5 nitrogen and oxygen atoms in total. The van der Waals surface area contributed by atoms with Gasteiger partial charge in [0.15, 0.2) is 0 Å². The smallest absolute Gasteiger partial charge is 0.141 e. The summed E-state index contributed by atoms with van der Waals surface area (Å²) in [6.07, 6.45) is 1.66. The first-order valence-electron chi connectivity index (χ1n) is 6.35. The van der Waals surface area contributed by atoms with E-state index in [0.717, 1.165) is 32.0 Å². The third-order valence-corrected chi connectivity index (χ3v) is 3.44. The molecule has 1 N–H and O–H groups in total. The van der Waals surface area contributed by atoms with Crippen LogP contribution in [0.15, 0.2) is 6.33 Å². The van der Waals surface area contributed by atoms with Crippen LogP contribution < -0.4 is 5.32 Å². The molecule has 0 atom stereocenters. The molecule has 1 aromatic heterocycles. The van der Waals surface area contributed by atoms with Crippen molar-refractivity contribution in [2.75, 3.05) is 19.6 Å². The van der Waals surface area contributed by atoms with Gasteiger partial charge in [-0.15, -0.1) is 0 Å². The van der Waals surface area contributed by atoms with Crippen molar-refractivity contribution < 1.29 is 0 Å². The van der Waals surface area contributed by atoms with Gasteiger partial charge in [-0.3, -0.25) is 4.90 Å². The van der Waals surface area contributed by atoms with E-state index in [-0.39, 0.29) is 5.54 Å². The van der Waals surface area contributed by atoms with Gasteiger partial charge in [0.2, 0.25) is 0 Å².